The van der Waals surface area contributed by atoms with E-state index in [0.29, 0.717) is 17.0 Å². The second-order valence-electron chi connectivity index (χ2n) is 6.27. The first-order valence-corrected chi connectivity index (χ1v) is 9.14. The van der Waals surface area contributed by atoms with Gasteiger partial charge in [-0.25, -0.2) is 9.07 Å². The molecule has 0 bridgehead atoms. The highest BCUT2D eigenvalue weighted by Crippen LogP contribution is 2.25. The maximum atomic E-state index is 14.3. The van der Waals surface area contributed by atoms with E-state index in [4.69, 9.17) is 4.74 Å². The van der Waals surface area contributed by atoms with Crippen molar-refractivity contribution in [1.29, 1.82) is 0 Å². The van der Waals surface area contributed by atoms with Crippen LogP contribution in [0.1, 0.15) is 5.56 Å². The van der Waals surface area contributed by atoms with Crippen LogP contribution in [0.2, 0.25) is 0 Å². The quantitative estimate of drug-likeness (QED) is 0.470. The van der Waals surface area contributed by atoms with Gasteiger partial charge in [-0.15, -0.1) is 0 Å². The average molecular weight is 400 g/mol. The van der Waals surface area contributed by atoms with Crippen molar-refractivity contribution in [3.63, 3.8) is 0 Å². The molecule has 0 aliphatic rings. The fourth-order valence-electron chi connectivity index (χ4n) is 2.77. The number of nitrogens with zero attached hydrogens (tertiary/aromatic N) is 3. The molecule has 1 amide bonds. The number of para-hydroxylation sites is 2. The molecule has 0 spiro atoms. The summed E-state index contributed by atoms with van der Waals surface area (Å²) in [5, 5.41) is 7.00. The van der Waals surface area contributed by atoms with Crippen LogP contribution in [0.5, 0.6) is 11.5 Å². The van der Waals surface area contributed by atoms with E-state index in [0.717, 1.165) is 5.69 Å². The van der Waals surface area contributed by atoms with Gasteiger partial charge in [0.1, 0.15) is 5.75 Å². The van der Waals surface area contributed by atoms with Crippen molar-refractivity contribution in [3.8, 4) is 17.2 Å². The molecule has 30 heavy (non-hydrogen) atoms. The minimum atomic E-state index is -0.537. The zero-order valence-electron chi connectivity index (χ0n) is 15.8. The topological polar surface area (TPSA) is 69.0 Å². The molecule has 6 nitrogen and oxygen atoms in total. The first kappa shape index (κ1) is 19.1. The highest BCUT2D eigenvalue weighted by Gasteiger charge is 2.08. The Morgan fingerprint density at radius 1 is 1.07 bits per heavy atom. The summed E-state index contributed by atoms with van der Waals surface area (Å²) in [6, 6.07) is 17.0. The number of rotatable bonds is 6. The molecular formula is C23H17FN4O2. The number of amides is 1. The fourth-order valence-corrected chi connectivity index (χ4v) is 2.77. The predicted octanol–water partition coefficient (Wildman–Crippen LogP) is 4.85. The molecule has 0 aliphatic carbocycles. The van der Waals surface area contributed by atoms with E-state index in [9.17, 15) is 9.18 Å². The van der Waals surface area contributed by atoms with Gasteiger partial charge in [0.15, 0.2) is 11.6 Å². The lowest BCUT2D eigenvalue weighted by Crippen LogP contribution is -2.10. The molecule has 7 heteroatoms. The molecule has 2 heterocycles. The van der Waals surface area contributed by atoms with Crippen molar-refractivity contribution < 1.29 is 13.9 Å². The number of carbonyl (C=O) groups is 1. The van der Waals surface area contributed by atoms with Crippen molar-refractivity contribution in [3.05, 3.63) is 103 Å². The Morgan fingerprint density at radius 2 is 1.97 bits per heavy atom. The number of hydrogen-bond acceptors (Lipinski definition) is 4. The minimum absolute atomic E-state index is 0.0813. The zero-order chi connectivity index (χ0) is 20.8. The van der Waals surface area contributed by atoms with E-state index in [1.54, 1.807) is 53.6 Å². The summed E-state index contributed by atoms with van der Waals surface area (Å²) >= 11 is 0. The SMILES string of the molecule is O=C(/C=C/c1ccc(Oc2cccnc2)c(F)c1)Nc1ccccc1-n1cccn1. The molecule has 0 radical (unpaired) electrons. The van der Waals surface area contributed by atoms with Crippen molar-refractivity contribution in [1.82, 2.24) is 14.8 Å². The van der Waals surface area contributed by atoms with Gasteiger partial charge in [-0.1, -0.05) is 18.2 Å². The van der Waals surface area contributed by atoms with Crippen LogP contribution < -0.4 is 10.1 Å². The molecule has 0 unspecified atom stereocenters. The Kier molecular flexibility index (Phi) is 5.61. The summed E-state index contributed by atoms with van der Waals surface area (Å²) in [6.45, 7) is 0. The lowest BCUT2D eigenvalue weighted by atomic mass is 10.2. The number of hydrogen-bond donors (Lipinski definition) is 1. The average Bonchev–Trinajstić information content (AvgIpc) is 3.30. The number of ether oxygens (including phenoxy) is 1. The van der Waals surface area contributed by atoms with Gasteiger partial charge in [0.25, 0.3) is 0 Å². The van der Waals surface area contributed by atoms with Crippen molar-refractivity contribution in [2.75, 3.05) is 5.32 Å². The largest absolute Gasteiger partial charge is 0.453 e. The third-order valence-corrected chi connectivity index (χ3v) is 4.16. The smallest absolute Gasteiger partial charge is 0.248 e. The summed E-state index contributed by atoms with van der Waals surface area (Å²) in [5.74, 6) is -0.358. The van der Waals surface area contributed by atoms with Crippen molar-refractivity contribution in [2.45, 2.75) is 0 Å². The van der Waals surface area contributed by atoms with Gasteiger partial charge in [-0.05, 0) is 54.1 Å². The molecule has 4 rings (SSSR count). The summed E-state index contributed by atoms with van der Waals surface area (Å²) in [6.07, 6.45) is 9.43. The van der Waals surface area contributed by atoms with Gasteiger partial charge in [-0.2, -0.15) is 5.10 Å². The van der Waals surface area contributed by atoms with Gasteiger partial charge in [0.2, 0.25) is 5.91 Å². The molecule has 0 aliphatic heterocycles. The molecule has 1 N–H and O–H groups in total. The zero-order valence-corrected chi connectivity index (χ0v) is 15.8. The van der Waals surface area contributed by atoms with Crippen LogP contribution in [-0.2, 0) is 4.79 Å². The standard InChI is InChI=1S/C23H17FN4O2/c24-19-15-17(8-10-22(19)30-18-5-3-12-25-16-18)9-11-23(29)27-20-6-1-2-7-21(20)28-14-4-13-26-28/h1-16H,(H,27,29)/b11-9+. The molecule has 2 aromatic heterocycles. The number of pyridine rings is 1. The summed E-state index contributed by atoms with van der Waals surface area (Å²) in [7, 11) is 0. The van der Waals surface area contributed by atoms with Crippen molar-refractivity contribution >= 4 is 17.7 Å². The Labute approximate surface area is 172 Å². The van der Waals surface area contributed by atoms with Crippen LogP contribution in [0.15, 0.2) is 91.5 Å². The highest BCUT2D eigenvalue weighted by atomic mass is 19.1. The molecule has 148 valence electrons. The third-order valence-electron chi connectivity index (χ3n) is 4.16. The number of carbonyl (C=O) groups excluding carboxylic acids is 1. The maximum Gasteiger partial charge on any atom is 0.248 e. The summed E-state index contributed by atoms with van der Waals surface area (Å²) in [4.78, 5) is 16.3. The number of benzene rings is 2. The van der Waals surface area contributed by atoms with Gasteiger partial charge in [0, 0.05) is 24.7 Å². The Morgan fingerprint density at radius 3 is 2.73 bits per heavy atom. The number of halogens is 1. The van der Waals surface area contributed by atoms with Gasteiger partial charge < -0.3 is 10.1 Å². The Bertz CT molecular complexity index is 1180. The van der Waals surface area contributed by atoms with E-state index in [1.807, 2.05) is 18.2 Å². The Hall–Kier alpha value is -4.26. The number of nitrogens with one attached hydrogen (secondary N) is 1. The normalized spacial score (nSPS) is 10.8. The minimum Gasteiger partial charge on any atom is -0.453 e. The summed E-state index contributed by atoms with van der Waals surface area (Å²) in [5.41, 5.74) is 1.89. The van der Waals surface area contributed by atoms with Crippen LogP contribution >= 0.6 is 0 Å². The number of anilines is 1. The lowest BCUT2D eigenvalue weighted by molar-refractivity contribution is -0.111. The second-order valence-corrected chi connectivity index (χ2v) is 6.27. The fraction of sp³-hybridized carbons (Fsp3) is 0. The van der Waals surface area contributed by atoms with Crippen LogP contribution in [0.3, 0.4) is 0 Å². The Balaban J connectivity index is 1.44. The third kappa shape index (κ3) is 4.59. The van der Waals surface area contributed by atoms with E-state index < -0.39 is 5.82 Å². The monoisotopic (exact) mass is 400 g/mol. The van der Waals surface area contributed by atoms with Crippen LogP contribution in [0.25, 0.3) is 11.8 Å². The molecule has 0 atom stereocenters. The van der Waals surface area contributed by atoms with E-state index in [2.05, 4.69) is 15.4 Å². The van der Waals surface area contributed by atoms with E-state index in [1.165, 1.54) is 30.5 Å². The number of aromatic nitrogens is 3. The van der Waals surface area contributed by atoms with Gasteiger partial charge >= 0.3 is 0 Å². The summed E-state index contributed by atoms with van der Waals surface area (Å²) < 4.78 is 21.5. The van der Waals surface area contributed by atoms with Crippen LogP contribution in [-0.4, -0.2) is 20.7 Å². The molecule has 2 aromatic carbocycles. The van der Waals surface area contributed by atoms with Crippen molar-refractivity contribution in [2.24, 2.45) is 0 Å². The molecule has 4 aromatic rings. The highest BCUT2D eigenvalue weighted by molar-refractivity contribution is 6.03. The first-order valence-electron chi connectivity index (χ1n) is 9.14. The van der Waals surface area contributed by atoms with Gasteiger partial charge in [0.05, 0.1) is 17.6 Å². The first-order chi connectivity index (χ1) is 14.7. The van der Waals surface area contributed by atoms with Crippen LogP contribution in [0, 0.1) is 5.82 Å². The molecule has 0 saturated carbocycles. The van der Waals surface area contributed by atoms with E-state index >= 15 is 0 Å². The maximum absolute atomic E-state index is 14.3. The lowest BCUT2D eigenvalue weighted by Gasteiger charge is -2.09. The van der Waals surface area contributed by atoms with E-state index in [-0.39, 0.29) is 11.7 Å². The second kappa shape index (κ2) is 8.83. The molecule has 0 saturated heterocycles. The van der Waals surface area contributed by atoms with Gasteiger partial charge in [-0.3, -0.25) is 9.78 Å². The molecule has 0 fully saturated rings. The predicted molar refractivity (Wildman–Crippen MR) is 112 cm³/mol. The van der Waals surface area contributed by atoms with Crippen LogP contribution in [0.4, 0.5) is 10.1 Å². The molecular weight excluding hydrogens is 383 g/mol.